The Morgan fingerprint density at radius 2 is 1.94 bits per heavy atom. The number of phosphoric acid groups is 1. The molecule has 1 heterocycles. The Kier molecular flexibility index (Phi) is 4.83. The van der Waals surface area contributed by atoms with Crippen molar-refractivity contribution in [3.63, 3.8) is 0 Å². The highest BCUT2D eigenvalue weighted by Gasteiger charge is 2.01. The van der Waals surface area contributed by atoms with Crippen molar-refractivity contribution in [2.45, 2.75) is 0 Å². The fourth-order valence-corrected chi connectivity index (χ4v) is 1.56. The molecule has 0 aliphatic heterocycles. The summed E-state index contributed by atoms with van der Waals surface area (Å²) in [6.45, 7) is 0. The lowest BCUT2D eigenvalue weighted by Gasteiger charge is -2.27. The minimum absolute atomic E-state index is 0.0560. The number of halogens is 2. The summed E-state index contributed by atoms with van der Waals surface area (Å²) in [4.78, 5) is 23.3. The third-order valence-corrected chi connectivity index (χ3v) is 2.14. The standard InChI is InChI=1S/C8H8NO4P.BrClH2/c10-14(11,12)13-8-5-6-3-1-2-4-7(6)9-8;1-2/h1-5,9H,(H2,10,11,12);2H2/q;+2/p-2. The van der Waals surface area contributed by atoms with Gasteiger partial charge in [-0.1, -0.05) is 18.2 Å². The third kappa shape index (κ3) is 3.81. The van der Waals surface area contributed by atoms with Gasteiger partial charge < -0.3 is 23.9 Å². The molecule has 0 aliphatic rings. The first-order valence-corrected chi connectivity index (χ1v) is 7.93. The van der Waals surface area contributed by atoms with E-state index in [4.69, 9.17) is 0 Å². The van der Waals surface area contributed by atoms with E-state index in [9.17, 15) is 14.4 Å². The van der Waals surface area contributed by atoms with Crippen LogP contribution in [0.4, 0.5) is 0 Å². The zero-order chi connectivity index (χ0) is 12.2. The molecule has 8 heteroatoms. The zero-order valence-corrected chi connectivity index (χ0v) is 11.2. The van der Waals surface area contributed by atoms with Gasteiger partial charge in [-0.3, -0.25) is 0 Å². The molecule has 1 aromatic heterocycles. The van der Waals surface area contributed by atoms with Crippen LogP contribution in [0.3, 0.4) is 0 Å². The zero-order valence-electron chi connectivity index (χ0n) is 7.79. The molecule has 5 nitrogen and oxygen atoms in total. The molecule has 0 saturated carbocycles. The van der Waals surface area contributed by atoms with Crippen LogP contribution in [0.15, 0.2) is 30.3 Å². The van der Waals surface area contributed by atoms with Crippen LogP contribution in [-0.4, -0.2) is 4.98 Å². The summed E-state index contributed by atoms with van der Waals surface area (Å²) in [5.41, 5.74) is 0.718. The Morgan fingerprint density at radius 1 is 1.31 bits per heavy atom. The molecular weight excluding hydrogens is 320 g/mol. The Labute approximate surface area is 104 Å². The second-order valence-electron chi connectivity index (χ2n) is 2.76. The lowest BCUT2D eigenvalue weighted by molar-refractivity contribution is -0.334. The highest BCUT2D eigenvalue weighted by molar-refractivity contribution is 9.04. The number of rotatable bonds is 2. The normalized spacial score (nSPS) is 10.8. The number of aromatic nitrogens is 1. The monoisotopic (exact) mass is 327 g/mol. The van der Waals surface area contributed by atoms with Gasteiger partial charge in [-0.25, -0.2) is 0 Å². The molecular formula is C8H8BrClNO4P. The Bertz CT molecular complexity index is 478. The van der Waals surface area contributed by atoms with Crippen LogP contribution in [0.2, 0.25) is 0 Å². The van der Waals surface area contributed by atoms with Crippen molar-refractivity contribution in [2.24, 2.45) is 0 Å². The second-order valence-corrected chi connectivity index (χ2v) is 3.84. The summed E-state index contributed by atoms with van der Waals surface area (Å²) in [5, 5.41) is 0.788. The van der Waals surface area contributed by atoms with Crippen molar-refractivity contribution in [1.29, 1.82) is 0 Å². The first kappa shape index (κ1) is 13.5. The average Bonchev–Trinajstić information content (AvgIpc) is 2.59. The van der Waals surface area contributed by atoms with E-state index in [-0.39, 0.29) is 5.88 Å². The molecule has 0 unspecified atom stereocenters. The fourth-order valence-electron chi connectivity index (χ4n) is 1.22. The van der Waals surface area contributed by atoms with E-state index in [0.29, 0.717) is 0 Å². The topological polar surface area (TPSA) is 88.2 Å². The van der Waals surface area contributed by atoms with Crippen molar-refractivity contribution < 1.29 is 29.0 Å². The van der Waals surface area contributed by atoms with Gasteiger partial charge >= 0.3 is 15.0 Å². The smallest absolute Gasteiger partial charge is 0.540 e. The van der Waals surface area contributed by atoms with Crippen molar-refractivity contribution in [3.8, 4) is 5.88 Å². The molecule has 1 N–H and O–H groups in total. The Morgan fingerprint density at radius 3 is 2.50 bits per heavy atom. The summed E-state index contributed by atoms with van der Waals surface area (Å²) >= 11 is 2.63. The maximum Gasteiger partial charge on any atom is 0.540 e. The number of phosphoric ester groups is 1. The first-order chi connectivity index (χ1) is 7.54. The van der Waals surface area contributed by atoms with Crippen molar-refractivity contribution in [2.75, 3.05) is 0 Å². The van der Waals surface area contributed by atoms with E-state index in [1.807, 2.05) is 0 Å². The van der Waals surface area contributed by atoms with Gasteiger partial charge in [-0.15, -0.1) is 0 Å². The van der Waals surface area contributed by atoms with Gasteiger partial charge in [-0.05, 0) is 6.07 Å². The first-order valence-electron chi connectivity index (χ1n) is 4.01. The average molecular weight is 328 g/mol. The molecule has 0 radical (unpaired) electrons. The predicted molar refractivity (Wildman–Crippen MR) is 58.3 cm³/mol. The van der Waals surface area contributed by atoms with Crippen molar-refractivity contribution in [1.82, 2.24) is 4.98 Å². The van der Waals surface area contributed by atoms with Crippen LogP contribution >= 0.6 is 22.8 Å². The number of benzene rings is 1. The van der Waals surface area contributed by atoms with Gasteiger partial charge in [-0.2, -0.15) is 0 Å². The minimum atomic E-state index is -4.97. The van der Waals surface area contributed by atoms with Gasteiger partial charge in [0.15, 0.2) is 5.88 Å². The molecule has 0 aliphatic carbocycles. The van der Waals surface area contributed by atoms with E-state index < -0.39 is 7.82 Å². The van der Waals surface area contributed by atoms with Crippen LogP contribution in [0.25, 0.3) is 10.9 Å². The van der Waals surface area contributed by atoms with Gasteiger partial charge in [0.1, 0.15) is 7.82 Å². The van der Waals surface area contributed by atoms with Crippen molar-refractivity contribution in [3.05, 3.63) is 30.3 Å². The van der Waals surface area contributed by atoms with Gasteiger partial charge in [0, 0.05) is 17.0 Å². The number of nitrogens with one attached hydrogen (secondary N) is 1. The summed E-state index contributed by atoms with van der Waals surface area (Å²) in [7, 11) is -1.63. The minimum Gasteiger partial charge on any atom is -0.780 e. The molecule has 0 saturated heterocycles. The molecule has 2 rings (SSSR count). The lowest BCUT2D eigenvalue weighted by Crippen LogP contribution is -2.18. The number of para-hydroxylation sites is 1. The molecule has 0 bridgehead atoms. The number of fused-ring (bicyclic) bond motifs is 1. The van der Waals surface area contributed by atoms with Crippen LogP contribution in [0.5, 0.6) is 5.88 Å². The SMILES string of the molecule is O=P([O-])([O-])Oc1cc2ccccc2[nH]1.[ClH2+2]Br. The van der Waals surface area contributed by atoms with Crippen LogP contribution in [0.1, 0.15) is 0 Å². The summed E-state index contributed by atoms with van der Waals surface area (Å²) in [5.74, 6) is -0.0560. The lowest BCUT2D eigenvalue weighted by atomic mass is 10.3. The van der Waals surface area contributed by atoms with Crippen LogP contribution in [-0.2, 0) is 4.57 Å². The van der Waals surface area contributed by atoms with Crippen LogP contribution < -0.4 is 14.3 Å². The Hall–Kier alpha value is -0.520. The summed E-state index contributed by atoms with van der Waals surface area (Å²) in [6.07, 6.45) is 0. The van der Waals surface area contributed by atoms with E-state index >= 15 is 0 Å². The second kappa shape index (κ2) is 5.70. The number of H-pyrrole nitrogens is 1. The molecule has 88 valence electrons. The molecule has 0 spiro atoms. The molecule has 0 atom stereocenters. The predicted octanol–water partition coefficient (Wildman–Crippen LogP) is 0.686. The fraction of sp³-hybridized carbons (Fsp3) is 0. The molecule has 1 aromatic carbocycles. The van der Waals surface area contributed by atoms with Crippen molar-refractivity contribution >= 4 is 33.7 Å². The maximum absolute atomic E-state index is 10.3. The van der Waals surface area contributed by atoms with E-state index in [1.165, 1.54) is 6.07 Å². The quantitative estimate of drug-likeness (QED) is 0.821. The van der Waals surface area contributed by atoms with Gasteiger partial charge in [0.25, 0.3) is 0 Å². The third-order valence-electron chi connectivity index (χ3n) is 1.72. The maximum atomic E-state index is 10.3. The molecule has 0 fully saturated rings. The number of aromatic amines is 1. The molecule has 0 amide bonds. The van der Waals surface area contributed by atoms with Crippen LogP contribution in [0, 0.1) is 10.1 Å². The summed E-state index contributed by atoms with van der Waals surface area (Å²) in [6, 6.07) is 8.57. The van der Waals surface area contributed by atoms with E-state index in [1.54, 1.807) is 24.3 Å². The van der Waals surface area contributed by atoms with Gasteiger partial charge in [0.2, 0.25) is 0 Å². The largest absolute Gasteiger partial charge is 0.780 e. The molecule has 2 aromatic rings. The van der Waals surface area contributed by atoms with E-state index in [2.05, 4.69) is 34.6 Å². The summed E-state index contributed by atoms with van der Waals surface area (Å²) < 4.78 is 14.5. The molecule has 16 heavy (non-hydrogen) atoms. The highest BCUT2D eigenvalue weighted by atomic mass is 79.9. The number of hydrogen-bond acceptors (Lipinski definition) is 4. The highest BCUT2D eigenvalue weighted by Crippen LogP contribution is 2.30. The van der Waals surface area contributed by atoms with E-state index in [0.717, 1.165) is 10.9 Å². The Balaban J connectivity index is 0.000000606. The number of hydrogen-bond donors (Lipinski definition) is 1. The van der Waals surface area contributed by atoms with Gasteiger partial charge in [0.05, 0.1) is 10.1 Å².